The first-order valence-corrected chi connectivity index (χ1v) is 6.62. The summed E-state index contributed by atoms with van der Waals surface area (Å²) in [5, 5.41) is 12.0. The molecule has 102 valence electrons. The monoisotopic (exact) mass is 388 g/mol. The standard InChI is InChI=1S/C14H8F3IN2/c15-14(16,17)10-1-4-12(5-2-10)20-13-6-3-11(18)7-9(13)8-19/h1-7,20H. The van der Waals surface area contributed by atoms with Crippen LogP contribution in [0.25, 0.3) is 0 Å². The zero-order valence-electron chi connectivity index (χ0n) is 10.0. The molecule has 1 N–H and O–H groups in total. The molecule has 0 aliphatic heterocycles. The van der Waals surface area contributed by atoms with E-state index < -0.39 is 11.7 Å². The van der Waals surface area contributed by atoms with E-state index in [2.05, 4.69) is 27.9 Å². The van der Waals surface area contributed by atoms with Crippen LogP contribution in [-0.4, -0.2) is 0 Å². The fourth-order valence-electron chi connectivity index (χ4n) is 1.62. The predicted molar refractivity (Wildman–Crippen MR) is 78.6 cm³/mol. The van der Waals surface area contributed by atoms with Gasteiger partial charge in [0.25, 0.3) is 0 Å². The quantitative estimate of drug-likeness (QED) is 0.742. The first kappa shape index (κ1) is 14.7. The molecule has 2 aromatic rings. The second-order valence-corrected chi connectivity index (χ2v) is 5.25. The number of hydrogen-bond acceptors (Lipinski definition) is 2. The lowest BCUT2D eigenvalue weighted by Crippen LogP contribution is -2.04. The fourth-order valence-corrected chi connectivity index (χ4v) is 2.11. The van der Waals surface area contributed by atoms with Crippen LogP contribution in [0.5, 0.6) is 0 Å². The number of alkyl halides is 3. The molecule has 0 aliphatic carbocycles. The Morgan fingerprint density at radius 1 is 1.05 bits per heavy atom. The van der Waals surface area contributed by atoms with E-state index in [0.717, 1.165) is 15.7 Å². The SMILES string of the molecule is N#Cc1cc(I)ccc1Nc1ccc(C(F)(F)F)cc1. The Balaban J connectivity index is 2.25. The van der Waals surface area contributed by atoms with Gasteiger partial charge in [-0.05, 0) is 65.1 Å². The summed E-state index contributed by atoms with van der Waals surface area (Å²) in [5.41, 5.74) is 0.798. The average Bonchev–Trinajstić information content (AvgIpc) is 2.40. The van der Waals surface area contributed by atoms with Crippen LogP contribution in [0.15, 0.2) is 42.5 Å². The molecule has 0 aromatic heterocycles. The maximum Gasteiger partial charge on any atom is 0.416 e. The van der Waals surface area contributed by atoms with Crippen molar-refractivity contribution in [1.29, 1.82) is 5.26 Å². The topological polar surface area (TPSA) is 35.8 Å². The molecule has 0 atom stereocenters. The van der Waals surface area contributed by atoms with Gasteiger partial charge < -0.3 is 5.32 Å². The lowest BCUT2D eigenvalue weighted by molar-refractivity contribution is -0.137. The maximum atomic E-state index is 12.4. The predicted octanol–water partition coefficient (Wildman–Crippen LogP) is 4.93. The maximum absolute atomic E-state index is 12.4. The first-order valence-electron chi connectivity index (χ1n) is 5.54. The smallest absolute Gasteiger partial charge is 0.354 e. The summed E-state index contributed by atoms with van der Waals surface area (Å²) in [6.45, 7) is 0. The number of nitrogens with one attached hydrogen (secondary N) is 1. The van der Waals surface area contributed by atoms with Crippen LogP contribution in [0.4, 0.5) is 24.5 Å². The normalized spacial score (nSPS) is 10.9. The molecule has 0 unspecified atom stereocenters. The Morgan fingerprint density at radius 2 is 1.70 bits per heavy atom. The minimum Gasteiger partial charge on any atom is -0.354 e. The van der Waals surface area contributed by atoms with Crippen molar-refractivity contribution in [2.75, 3.05) is 5.32 Å². The molecule has 0 fully saturated rings. The highest BCUT2D eigenvalue weighted by Gasteiger charge is 2.29. The third-order valence-corrected chi connectivity index (χ3v) is 3.26. The number of anilines is 2. The number of halogens is 4. The van der Waals surface area contributed by atoms with Crippen molar-refractivity contribution >= 4 is 34.0 Å². The lowest BCUT2D eigenvalue weighted by atomic mass is 10.1. The molecule has 6 heteroatoms. The van der Waals surface area contributed by atoms with E-state index in [1.807, 2.05) is 12.1 Å². The Hall–Kier alpha value is -1.75. The first-order chi connectivity index (χ1) is 9.40. The molecule has 2 aromatic carbocycles. The fraction of sp³-hybridized carbons (Fsp3) is 0.0714. The molecule has 0 bridgehead atoms. The zero-order chi connectivity index (χ0) is 14.8. The molecule has 2 rings (SSSR count). The molecule has 0 amide bonds. The molecule has 0 radical (unpaired) electrons. The van der Waals surface area contributed by atoms with E-state index in [4.69, 9.17) is 5.26 Å². The minimum atomic E-state index is -4.35. The molecule has 0 saturated heterocycles. The van der Waals surface area contributed by atoms with Gasteiger partial charge in [-0.25, -0.2) is 0 Å². The van der Waals surface area contributed by atoms with Gasteiger partial charge in [0.2, 0.25) is 0 Å². The molecule has 20 heavy (non-hydrogen) atoms. The van der Waals surface area contributed by atoms with Gasteiger partial charge in [0.15, 0.2) is 0 Å². The van der Waals surface area contributed by atoms with Crippen molar-refractivity contribution in [3.8, 4) is 6.07 Å². The van der Waals surface area contributed by atoms with Crippen LogP contribution in [-0.2, 0) is 6.18 Å². The van der Waals surface area contributed by atoms with Gasteiger partial charge in [-0.1, -0.05) is 0 Å². The summed E-state index contributed by atoms with van der Waals surface area (Å²) < 4.78 is 38.2. The summed E-state index contributed by atoms with van der Waals surface area (Å²) >= 11 is 2.09. The molecule has 0 heterocycles. The largest absolute Gasteiger partial charge is 0.416 e. The van der Waals surface area contributed by atoms with Crippen LogP contribution in [0.1, 0.15) is 11.1 Å². The van der Waals surface area contributed by atoms with E-state index >= 15 is 0 Å². The molecule has 0 aliphatic rings. The summed E-state index contributed by atoms with van der Waals surface area (Å²) in [6, 6.07) is 12.0. The summed E-state index contributed by atoms with van der Waals surface area (Å²) in [6.07, 6.45) is -4.35. The highest BCUT2D eigenvalue weighted by Crippen LogP contribution is 2.30. The van der Waals surface area contributed by atoms with Crippen molar-refractivity contribution in [2.24, 2.45) is 0 Å². The van der Waals surface area contributed by atoms with Crippen molar-refractivity contribution in [3.63, 3.8) is 0 Å². The molecule has 0 saturated carbocycles. The Bertz CT molecular complexity index is 658. The Labute approximate surface area is 127 Å². The van der Waals surface area contributed by atoms with Gasteiger partial charge in [0.1, 0.15) is 6.07 Å². The Kier molecular flexibility index (Phi) is 4.18. The highest BCUT2D eigenvalue weighted by atomic mass is 127. The average molecular weight is 388 g/mol. The number of nitriles is 1. The number of nitrogens with zero attached hydrogens (tertiary/aromatic N) is 1. The zero-order valence-corrected chi connectivity index (χ0v) is 12.2. The summed E-state index contributed by atoms with van der Waals surface area (Å²) in [4.78, 5) is 0. The van der Waals surface area contributed by atoms with E-state index in [1.54, 1.807) is 12.1 Å². The van der Waals surface area contributed by atoms with Crippen LogP contribution >= 0.6 is 22.6 Å². The number of rotatable bonds is 2. The van der Waals surface area contributed by atoms with Crippen LogP contribution in [0.2, 0.25) is 0 Å². The van der Waals surface area contributed by atoms with Gasteiger partial charge in [0.05, 0.1) is 16.8 Å². The van der Waals surface area contributed by atoms with Gasteiger partial charge in [-0.3, -0.25) is 0 Å². The van der Waals surface area contributed by atoms with Crippen LogP contribution in [0.3, 0.4) is 0 Å². The van der Waals surface area contributed by atoms with E-state index in [1.165, 1.54) is 12.1 Å². The van der Waals surface area contributed by atoms with Crippen molar-refractivity contribution in [1.82, 2.24) is 0 Å². The van der Waals surface area contributed by atoms with E-state index in [0.29, 0.717) is 16.9 Å². The van der Waals surface area contributed by atoms with E-state index in [-0.39, 0.29) is 0 Å². The second kappa shape index (κ2) is 5.71. The second-order valence-electron chi connectivity index (χ2n) is 4.00. The van der Waals surface area contributed by atoms with Gasteiger partial charge in [-0.15, -0.1) is 0 Å². The Morgan fingerprint density at radius 3 is 2.25 bits per heavy atom. The number of hydrogen-bond donors (Lipinski definition) is 1. The van der Waals surface area contributed by atoms with Gasteiger partial charge >= 0.3 is 6.18 Å². The summed E-state index contributed by atoms with van der Waals surface area (Å²) in [7, 11) is 0. The molecular formula is C14H8F3IN2. The van der Waals surface area contributed by atoms with Crippen molar-refractivity contribution in [3.05, 3.63) is 57.2 Å². The highest BCUT2D eigenvalue weighted by molar-refractivity contribution is 14.1. The lowest BCUT2D eigenvalue weighted by Gasteiger charge is -2.10. The minimum absolute atomic E-state index is 0.441. The molecule has 0 spiro atoms. The third-order valence-electron chi connectivity index (χ3n) is 2.59. The summed E-state index contributed by atoms with van der Waals surface area (Å²) in [5.74, 6) is 0. The van der Waals surface area contributed by atoms with Crippen molar-refractivity contribution in [2.45, 2.75) is 6.18 Å². The number of benzene rings is 2. The van der Waals surface area contributed by atoms with Crippen LogP contribution < -0.4 is 5.32 Å². The van der Waals surface area contributed by atoms with Gasteiger partial charge in [0, 0.05) is 9.26 Å². The molecule has 2 nitrogen and oxygen atoms in total. The molecular weight excluding hydrogens is 380 g/mol. The van der Waals surface area contributed by atoms with Crippen molar-refractivity contribution < 1.29 is 13.2 Å². The van der Waals surface area contributed by atoms with Crippen LogP contribution in [0, 0.1) is 14.9 Å². The van der Waals surface area contributed by atoms with Gasteiger partial charge in [-0.2, -0.15) is 18.4 Å². The third kappa shape index (κ3) is 3.42. The van der Waals surface area contributed by atoms with E-state index in [9.17, 15) is 13.2 Å².